The van der Waals surface area contributed by atoms with E-state index in [-0.39, 0.29) is 6.54 Å². The average Bonchev–Trinajstić information content (AvgIpc) is 2.59. The van der Waals surface area contributed by atoms with Gasteiger partial charge in [0, 0.05) is 18.9 Å². The molecule has 0 atom stereocenters. The van der Waals surface area contributed by atoms with Gasteiger partial charge in [0.2, 0.25) is 0 Å². The van der Waals surface area contributed by atoms with Crippen molar-refractivity contribution in [1.82, 2.24) is 4.98 Å². The first-order chi connectivity index (χ1) is 11.5. The smallest absolute Gasteiger partial charge is 0.323 e. The van der Waals surface area contributed by atoms with E-state index >= 15 is 0 Å². The maximum Gasteiger partial charge on any atom is 0.323 e. The van der Waals surface area contributed by atoms with E-state index in [4.69, 9.17) is 10.8 Å². The number of thioether (sulfide) groups is 1. The highest BCUT2D eigenvalue weighted by atomic mass is 32.2. The summed E-state index contributed by atoms with van der Waals surface area (Å²) in [6.07, 6.45) is 1.68. The summed E-state index contributed by atoms with van der Waals surface area (Å²) in [7, 11) is 1.71. The van der Waals surface area contributed by atoms with Crippen molar-refractivity contribution in [3.63, 3.8) is 0 Å². The first-order valence-corrected chi connectivity index (χ1v) is 8.63. The Balaban J connectivity index is 2.30. The molecule has 3 N–H and O–H groups in total. The predicted molar refractivity (Wildman–Crippen MR) is 101 cm³/mol. The first-order valence-electron chi connectivity index (χ1n) is 7.58. The number of carbonyl (C=O) groups is 1. The summed E-state index contributed by atoms with van der Waals surface area (Å²) in [6.45, 7) is 1.98. The van der Waals surface area contributed by atoms with Crippen LogP contribution in [0.3, 0.4) is 0 Å². The molecule has 0 aliphatic carbocycles. The van der Waals surface area contributed by atoms with E-state index in [1.165, 1.54) is 0 Å². The number of pyridine rings is 1. The molecular formula is C18H21N3O2S. The van der Waals surface area contributed by atoms with Crippen molar-refractivity contribution < 1.29 is 9.90 Å². The zero-order valence-electron chi connectivity index (χ0n) is 13.8. The molecule has 0 bridgehead atoms. The number of anilines is 1. The van der Waals surface area contributed by atoms with Crippen LogP contribution < -0.4 is 10.6 Å². The van der Waals surface area contributed by atoms with Gasteiger partial charge in [-0.1, -0.05) is 25.1 Å². The highest BCUT2D eigenvalue weighted by Gasteiger charge is 2.09. The van der Waals surface area contributed by atoms with E-state index in [0.29, 0.717) is 5.82 Å². The standard InChI is InChI=1S/C18H21N3O2S/c1-3-24-12-16(19)15-6-4-5-13(9-15)14-7-8-20-17(10-14)21(2)11-18(22)23/h4-10,12H,3,11,19H2,1-2H3,(H,22,23)/b16-12-. The van der Waals surface area contributed by atoms with Crippen LogP contribution in [0.25, 0.3) is 16.8 Å². The van der Waals surface area contributed by atoms with Gasteiger partial charge in [0.1, 0.15) is 12.4 Å². The van der Waals surface area contributed by atoms with Crippen LogP contribution in [0.2, 0.25) is 0 Å². The minimum Gasteiger partial charge on any atom is -0.480 e. The van der Waals surface area contributed by atoms with E-state index in [0.717, 1.165) is 28.1 Å². The lowest BCUT2D eigenvalue weighted by atomic mass is 10.0. The number of aromatic nitrogens is 1. The van der Waals surface area contributed by atoms with Gasteiger partial charge < -0.3 is 15.7 Å². The van der Waals surface area contributed by atoms with Crippen molar-refractivity contribution in [3.05, 3.63) is 53.6 Å². The zero-order valence-corrected chi connectivity index (χ0v) is 14.6. The Morgan fingerprint density at radius 1 is 1.33 bits per heavy atom. The molecule has 0 spiro atoms. The number of carboxylic acids is 1. The summed E-state index contributed by atoms with van der Waals surface area (Å²) in [5.41, 5.74) is 9.80. The van der Waals surface area contributed by atoms with Crippen LogP contribution >= 0.6 is 11.8 Å². The maximum absolute atomic E-state index is 10.9. The molecule has 0 saturated carbocycles. The fraction of sp³-hybridized carbons (Fsp3) is 0.222. The fourth-order valence-electron chi connectivity index (χ4n) is 2.21. The number of nitrogens with two attached hydrogens (primary N) is 1. The third-order valence-electron chi connectivity index (χ3n) is 3.42. The number of hydrogen-bond donors (Lipinski definition) is 2. The first kappa shape index (κ1) is 17.9. The third-order valence-corrected chi connectivity index (χ3v) is 4.17. The molecule has 0 saturated heterocycles. The number of nitrogens with zero attached hydrogens (tertiary/aromatic N) is 2. The Morgan fingerprint density at radius 3 is 2.79 bits per heavy atom. The summed E-state index contributed by atoms with van der Waals surface area (Å²) < 4.78 is 0. The van der Waals surface area contributed by atoms with Crippen molar-refractivity contribution >= 4 is 29.2 Å². The zero-order chi connectivity index (χ0) is 17.5. The van der Waals surface area contributed by atoms with Gasteiger partial charge in [-0.2, -0.15) is 0 Å². The third kappa shape index (κ3) is 4.76. The predicted octanol–water partition coefficient (Wildman–Crippen LogP) is 3.28. The van der Waals surface area contributed by atoms with Gasteiger partial charge in [-0.3, -0.25) is 4.79 Å². The van der Waals surface area contributed by atoms with Crippen molar-refractivity contribution in [2.24, 2.45) is 5.73 Å². The molecule has 24 heavy (non-hydrogen) atoms. The average molecular weight is 343 g/mol. The van der Waals surface area contributed by atoms with Gasteiger partial charge >= 0.3 is 5.97 Å². The van der Waals surface area contributed by atoms with Crippen LogP contribution in [0.1, 0.15) is 12.5 Å². The Hall–Kier alpha value is -2.47. The largest absolute Gasteiger partial charge is 0.480 e. The van der Waals surface area contributed by atoms with E-state index in [1.807, 2.05) is 41.8 Å². The molecule has 1 aromatic heterocycles. The number of carboxylic acid groups (broad SMARTS) is 1. The molecule has 1 aromatic carbocycles. The highest BCUT2D eigenvalue weighted by molar-refractivity contribution is 8.02. The minimum absolute atomic E-state index is 0.0968. The number of rotatable bonds is 7. The lowest BCUT2D eigenvalue weighted by Crippen LogP contribution is -2.25. The molecule has 0 radical (unpaired) electrons. The van der Waals surface area contributed by atoms with Gasteiger partial charge in [-0.05, 0) is 46.1 Å². The second kappa shape index (κ2) is 8.40. The van der Waals surface area contributed by atoms with E-state index < -0.39 is 5.97 Å². The van der Waals surface area contributed by atoms with E-state index in [2.05, 4.69) is 11.9 Å². The highest BCUT2D eigenvalue weighted by Crippen LogP contribution is 2.25. The van der Waals surface area contributed by atoms with Gasteiger partial charge in [0.25, 0.3) is 0 Å². The molecule has 2 aromatic rings. The minimum atomic E-state index is -0.891. The molecular weight excluding hydrogens is 322 g/mol. The molecule has 1 heterocycles. The normalized spacial score (nSPS) is 11.3. The quantitative estimate of drug-likeness (QED) is 0.803. The van der Waals surface area contributed by atoms with Gasteiger partial charge in [-0.25, -0.2) is 4.98 Å². The summed E-state index contributed by atoms with van der Waals surface area (Å²) >= 11 is 1.67. The molecule has 0 amide bonds. The van der Waals surface area contributed by atoms with Crippen LogP contribution in [-0.2, 0) is 4.79 Å². The summed E-state index contributed by atoms with van der Waals surface area (Å²) in [6, 6.07) is 11.7. The summed E-state index contributed by atoms with van der Waals surface area (Å²) in [5.74, 6) is 0.702. The fourth-order valence-corrected chi connectivity index (χ4v) is 2.69. The maximum atomic E-state index is 10.9. The van der Waals surface area contributed by atoms with Crippen LogP contribution in [-0.4, -0.2) is 35.4 Å². The van der Waals surface area contributed by atoms with Gasteiger partial charge in [0.15, 0.2) is 0 Å². The number of likely N-dealkylation sites (N-methyl/N-ethyl adjacent to an activating group) is 1. The summed E-state index contributed by atoms with van der Waals surface area (Å²) in [5, 5.41) is 10.9. The van der Waals surface area contributed by atoms with E-state index in [9.17, 15) is 4.79 Å². The molecule has 0 aliphatic heterocycles. The Bertz CT molecular complexity index is 747. The number of aliphatic carboxylic acids is 1. The van der Waals surface area contributed by atoms with Crippen LogP contribution in [0.4, 0.5) is 5.82 Å². The van der Waals surface area contributed by atoms with Crippen molar-refractivity contribution in [2.75, 3.05) is 24.2 Å². The monoisotopic (exact) mass is 343 g/mol. The number of hydrogen-bond acceptors (Lipinski definition) is 5. The molecule has 6 heteroatoms. The Morgan fingerprint density at radius 2 is 2.08 bits per heavy atom. The van der Waals surface area contributed by atoms with Crippen LogP contribution in [0.5, 0.6) is 0 Å². The lowest BCUT2D eigenvalue weighted by molar-refractivity contribution is -0.135. The van der Waals surface area contributed by atoms with Crippen molar-refractivity contribution in [3.8, 4) is 11.1 Å². The Labute approximate surface area is 146 Å². The van der Waals surface area contributed by atoms with Gasteiger partial charge in [-0.15, -0.1) is 11.8 Å². The summed E-state index contributed by atoms with van der Waals surface area (Å²) in [4.78, 5) is 16.7. The second-order valence-electron chi connectivity index (χ2n) is 5.26. The molecule has 0 unspecified atom stereocenters. The molecule has 126 valence electrons. The Kier molecular flexibility index (Phi) is 6.26. The topological polar surface area (TPSA) is 79.5 Å². The molecule has 0 fully saturated rings. The molecule has 0 aliphatic rings. The van der Waals surface area contributed by atoms with Crippen LogP contribution in [0.15, 0.2) is 48.0 Å². The van der Waals surface area contributed by atoms with Gasteiger partial charge in [0.05, 0.1) is 0 Å². The van der Waals surface area contributed by atoms with E-state index in [1.54, 1.807) is 29.9 Å². The van der Waals surface area contributed by atoms with Crippen LogP contribution in [0, 0.1) is 0 Å². The molecule has 2 rings (SSSR count). The van der Waals surface area contributed by atoms with Crippen molar-refractivity contribution in [2.45, 2.75) is 6.92 Å². The lowest BCUT2D eigenvalue weighted by Gasteiger charge is -2.16. The molecule has 5 nitrogen and oxygen atoms in total. The number of benzene rings is 1. The second-order valence-corrected chi connectivity index (χ2v) is 6.41. The SMILES string of the molecule is CCS/C=C(\N)c1cccc(-c2ccnc(N(C)CC(=O)O)c2)c1. The van der Waals surface area contributed by atoms with Crippen molar-refractivity contribution in [1.29, 1.82) is 0 Å².